The zero-order chi connectivity index (χ0) is 21.6. The van der Waals surface area contributed by atoms with E-state index in [1.807, 2.05) is 0 Å². The maximum atomic E-state index is 9.28. The van der Waals surface area contributed by atoms with E-state index < -0.39 is 14.2 Å². The molecule has 0 aromatic carbocycles. The minimum atomic E-state index is -1.34. The molecule has 0 aliphatic carbocycles. The van der Waals surface area contributed by atoms with Crippen LogP contribution >= 0.6 is 0 Å². The summed E-state index contributed by atoms with van der Waals surface area (Å²) in [6.07, 6.45) is 3.47. The number of rotatable bonds is 5. The van der Waals surface area contributed by atoms with Crippen molar-refractivity contribution in [2.45, 2.75) is 38.6 Å². The summed E-state index contributed by atoms with van der Waals surface area (Å²) in [5, 5.41) is 17.8. The van der Waals surface area contributed by atoms with Crippen LogP contribution in [0, 0.1) is 51.7 Å². The second kappa shape index (κ2) is 74.5. The molecule has 0 aromatic rings. The molecule has 0 aromatic heterocycles. The third-order valence-corrected chi connectivity index (χ3v) is 2.14. The second-order valence-electron chi connectivity index (χ2n) is 3.90. The van der Waals surface area contributed by atoms with Gasteiger partial charge in [-0.2, -0.15) is 0 Å². The van der Waals surface area contributed by atoms with Crippen molar-refractivity contribution in [1.82, 2.24) is 0 Å². The minimum absolute atomic E-state index is 0. The average molecular weight is 472 g/mol. The molecule has 0 amide bonds. The first-order chi connectivity index (χ1) is 11.5. The van der Waals surface area contributed by atoms with Gasteiger partial charge in [0.1, 0.15) is 0 Å². The molecular weight excluding hydrogens is 454 g/mol. The topological polar surface area (TPSA) is 160 Å². The minimum Gasteiger partial charge on any atom is 0 e. The molecule has 2 N–H and O–H groups in total. The first-order valence-corrected chi connectivity index (χ1v) is 9.00. The smallest absolute Gasteiger partial charge is 0 e. The Morgan fingerprint density at radius 3 is 1.23 bits per heavy atom. The average Bonchev–Trinajstić information content (AvgIpc) is 2.67. The predicted octanol–water partition coefficient (Wildman–Crippen LogP) is 0.930. The Morgan fingerprint density at radius 1 is 0.769 bits per heavy atom. The molecule has 1 atom stereocenters. The van der Waals surface area contributed by atoms with E-state index in [1.54, 1.807) is 0 Å². The number of hydrogen-bond acceptors (Lipinski definition) is 2. The summed E-state index contributed by atoms with van der Waals surface area (Å²) in [6, 6.07) is 0. The second-order valence-corrected chi connectivity index (χ2v) is 8.65. The molecular formula is C15H18Co2O8Si. The fourth-order valence-corrected chi connectivity index (χ4v) is 1.26. The molecule has 11 heteroatoms. The molecule has 0 heterocycles. The standard InChI is InChI=1S/C9H18O2Si.6CO.2Co/c1-12(2,3)8-6-9(11)5-4-7-10;6*1-2;;/h9-11H,4-5,7H2,1-3H3;;;;;;;;. The maximum Gasteiger partial charge on any atom is 0 e. The fourth-order valence-electron chi connectivity index (χ4n) is 0.657. The van der Waals surface area contributed by atoms with Crippen LogP contribution in [0.5, 0.6) is 0 Å². The molecule has 0 fully saturated rings. The van der Waals surface area contributed by atoms with Crippen molar-refractivity contribution >= 4 is 8.07 Å². The van der Waals surface area contributed by atoms with Gasteiger partial charge in [-0.05, 0) is 18.9 Å². The van der Waals surface area contributed by atoms with E-state index in [0.29, 0.717) is 12.8 Å². The van der Waals surface area contributed by atoms with E-state index in [4.69, 9.17) is 33.0 Å². The summed E-state index contributed by atoms with van der Waals surface area (Å²) in [5.41, 5.74) is 3.09. The zero-order valence-electron chi connectivity index (χ0n) is 14.2. The summed E-state index contributed by atoms with van der Waals surface area (Å²) < 4.78 is 45.0. The third-order valence-electron chi connectivity index (χ3n) is 1.25. The van der Waals surface area contributed by atoms with Crippen LogP contribution in [0.4, 0.5) is 0 Å². The van der Waals surface area contributed by atoms with Crippen molar-refractivity contribution < 1.29 is 71.7 Å². The summed E-state index contributed by atoms with van der Waals surface area (Å²) in [7, 11) is -1.34. The van der Waals surface area contributed by atoms with Gasteiger partial charge in [0.15, 0.2) is 0 Å². The van der Waals surface area contributed by atoms with Gasteiger partial charge < -0.3 is 10.2 Å². The van der Waals surface area contributed by atoms with Crippen molar-refractivity contribution in [1.29, 1.82) is 0 Å². The molecule has 0 aliphatic heterocycles. The third kappa shape index (κ3) is 134. The molecule has 0 saturated carbocycles. The van der Waals surface area contributed by atoms with Crippen LogP contribution in [0.2, 0.25) is 19.6 Å². The van der Waals surface area contributed by atoms with Crippen molar-refractivity contribution in [3.63, 3.8) is 0 Å². The van der Waals surface area contributed by atoms with Crippen LogP contribution in [0.15, 0.2) is 0 Å². The van der Waals surface area contributed by atoms with Gasteiger partial charge in [0.05, 0.1) is 14.2 Å². The van der Waals surface area contributed by atoms with E-state index in [9.17, 15) is 5.11 Å². The van der Waals surface area contributed by atoms with E-state index in [0.717, 1.165) is 0 Å². The van der Waals surface area contributed by atoms with Gasteiger partial charge in [-0.15, -0.1) is 0 Å². The Labute approximate surface area is 176 Å². The van der Waals surface area contributed by atoms with Gasteiger partial charge >= 0.3 is 67.8 Å². The molecule has 0 aliphatic rings. The predicted molar refractivity (Wildman–Crippen MR) is 75.7 cm³/mol. The summed E-state index contributed by atoms with van der Waals surface area (Å²) >= 11 is 0. The van der Waals surface area contributed by atoms with Crippen LogP contribution in [0.25, 0.3) is 0 Å². The molecule has 4 radical (unpaired) electrons. The Balaban J connectivity index is -0.0000000252. The van der Waals surface area contributed by atoms with Gasteiger partial charge in [0.25, 0.3) is 0 Å². The molecule has 8 nitrogen and oxygen atoms in total. The van der Waals surface area contributed by atoms with Crippen molar-refractivity contribution in [2.24, 2.45) is 0 Å². The number of hydrogen-bond donors (Lipinski definition) is 2. The van der Waals surface area contributed by atoms with Crippen LogP contribution in [-0.2, 0) is 61.5 Å². The number of aliphatic hydroxyl groups excluding tert-OH is 2. The van der Waals surface area contributed by atoms with Crippen LogP contribution in [-0.4, -0.2) is 31.0 Å². The van der Waals surface area contributed by atoms with Crippen molar-refractivity contribution in [3.05, 3.63) is 51.7 Å². The van der Waals surface area contributed by atoms with Crippen LogP contribution < -0.4 is 0 Å². The number of aliphatic hydroxyl groups is 2. The molecule has 148 valence electrons. The van der Waals surface area contributed by atoms with Crippen LogP contribution in [0.1, 0.15) is 12.8 Å². The molecule has 1 unspecified atom stereocenters. The molecule has 0 spiro atoms. The first-order valence-electron chi connectivity index (χ1n) is 5.50. The van der Waals surface area contributed by atoms with Gasteiger partial charge in [-0.3, -0.25) is 0 Å². The molecule has 26 heavy (non-hydrogen) atoms. The quantitative estimate of drug-likeness (QED) is 0.347. The normalized spacial score (nSPS) is 7.58. The Morgan fingerprint density at radius 2 is 1.04 bits per heavy atom. The Hall–Kier alpha value is -0.670. The van der Waals surface area contributed by atoms with E-state index in [1.165, 1.54) is 0 Å². The zero-order valence-corrected chi connectivity index (χ0v) is 17.3. The van der Waals surface area contributed by atoms with Gasteiger partial charge in [0.2, 0.25) is 0 Å². The summed E-state index contributed by atoms with van der Waals surface area (Å²) in [6.45, 7) is 33.5. The summed E-state index contributed by atoms with van der Waals surface area (Å²) in [5.74, 6) is 0. The van der Waals surface area contributed by atoms with Crippen LogP contribution in [0.3, 0.4) is 0 Å². The van der Waals surface area contributed by atoms with Gasteiger partial charge in [-0.25, -0.2) is 0 Å². The van der Waals surface area contributed by atoms with Gasteiger partial charge in [-0.1, -0.05) is 25.3 Å². The van der Waals surface area contributed by atoms with E-state index in [-0.39, 0.29) is 40.2 Å². The maximum absolute atomic E-state index is 9.28. The first kappa shape index (κ1) is 56.2. The van der Waals surface area contributed by atoms with E-state index >= 15 is 0 Å². The Bertz CT molecular complexity index is 308. The molecule has 0 rings (SSSR count). The van der Waals surface area contributed by atoms with Crippen molar-refractivity contribution in [3.8, 4) is 0 Å². The monoisotopic (exact) mass is 472 g/mol. The molecule has 0 saturated heterocycles. The SMILES string of the molecule is C[Si](C)(C)[C]=[C]C(O)CCCO.[C-]#[O+].[C-]#[O+].[C-]#[O+].[C-]#[O+].[C-]#[O+].[C-]#[O+].[Co].[Co]. The molecule has 0 bridgehead atoms. The van der Waals surface area contributed by atoms with Crippen molar-refractivity contribution in [2.75, 3.05) is 6.61 Å². The van der Waals surface area contributed by atoms with E-state index in [2.05, 4.69) is 71.3 Å². The Kier molecular flexibility index (Phi) is 161. The fraction of sp³-hybridized carbons (Fsp3) is 0.467. The van der Waals surface area contributed by atoms with Gasteiger partial charge in [0, 0.05) is 40.2 Å². The summed E-state index contributed by atoms with van der Waals surface area (Å²) in [4.78, 5) is 0. The largest absolute Gasteiger partial charge is 0 e.